The SMILES string of the molecule is NC(=O)C1CC[NH+]([C@@H]2CC(=O)N(Cc3ccc(F)cc3)C2=O)CC1. The zero-order valence-electron chi connectivity index (χ0n) is 13.3. The van der Waals surface area contributed by atoms with Crippen LogP contribution >= 0.6 is 0 Å². The highest BCUT2D eigenvalue weighted by molar-refractivity contribution is 6.04. The molecule has 2 aliphatic rings. The fourth-order valence-electron chi connectivity index (χ4n) is 3.56. The van der Waals surface area contributed by atoms with Gasteiger partial charge in [-0.15, -0.1) is 0 Å². The highest BCUT2D eigenvalue weighted by Crippen LogP contribution is 2.17. The van der Waals surface area contributed by atoms with Crippen LogP contribution in [0, 0.1) is 11.7 Å². The van der Waals surface area contributed by atoms with E-state index in [0.29, 0.717) is 25.9 Å². The van der Waals surface area contributed by atoms with Crippen LogP contribution in [0.1, 0.15) is 24.8 Å². The van der Waals surface area contributed by atoms with Crippen LogP contribution in [0.2, 0.25) is 0 Å². The van der Waals surface area contributed by atoms with Crippen LogP contribution in [-0.2, 0) is 20.9 Å². The summed E-state index contributed by atoms with van der Waals surface area (Å²) in [5, 5.41) is 0. The molecule has 1 aromatic rings. The average molecular weight is 334 g/mol. The van der Waals surface area contributed by atoms with Crippen LogP contribution in [0.3, 0.4) is 0 Å². The first-order chi connectivity index (χ1) is 11.5. The first kappa shape index (κ1) is 16.6. The Kier molecular flexibility index (Phi) is 4.62. The first-order valence-corrected chi connectivity index (χ1v) is 8.18. The second kappa shape index (κ2) is 6.68. The van der Waals surface area contributed by atoms with Crippen molar-refractivity contribution < 1.29 is 23.7 Å². The van der Waals surface area contributed by atoms with E-state index in [-0.39, 0.29) is 48.5 Å². The molecule has 1 atom stereocenters. The monoisotopic (exact) mass is 334 g/mol. The van der Waals surface area contributed by atoms with Crippen LogP contribution in [0.5, 0.6) is 0 Å². The van der Waals surface area contributed by atoms with E-state index in [2.05, 4.69) is 0 Å². The third-order valence-corrected chi connectivity index (χ3v) is 5.02. The van der Waals surface area contributed by atoms with E-state index in [0.717, 1.165) is 10.5 Å². The molecule has 128 valence electrons. The quantitative estimate of drug-likeness (QED) is 0.710. The number of carbonyl (C=O) groups excluding carboxylic acids is 3. The Hall–Kier alpha value is -2.28. The third kappa shape index (κ3) is 3.31. The molecule has 0 aromatic heterocycles. The van der Waals surface area contributed by atoms with Crippen molar-refractivity contribution >= 4 is 17.7 Å². The summed E-state index contributed by atoms with van der Waals surface area (Å²) in [5.74, 6) is -1.15. The second-order valence-corrected chi connectivity index (χ2v) is 6.54. The van der Waals surface area contributed by atoms with Gasteiger partial charge < -0.3 is 10.6 Å². The van der Waals surface area contributed by atoms with Crippen LogP contribution in [0.4, 0.5) is 4.39 Å². The van der Waals surface area contributed by atoms with Crippen molar-refractivity contribution in [2.24, 2.45) is 11.7 Å². The van der Waals surface area contributed by atoms with Crippen molar-refractivity contribution in [1.29, 1.82) is 0 Å². The lowest BCUT2D eigenvalue weighted by Crippen LogP contribution is -3.17. The lowest BCUT2D eigenvalue weighted by atomic mass is 9.95. The van der Waals surface area contributed by atoms with Gasteiger partial charge >= 0.3 is 0 Å². The Bertz CT molecular complexity index is 654. The number of quaternary nitrogens is 1. The van der Waals surface area contributed by atoms with Gasteiger partial charge in [-0.25, -0.2) is 4.39 Å². The average Bonchev–Trinajstić information content (AvgIpc) is 2.85. The highest BCUT2D eigenvalue weighted by atomic mass is 19.1. The Balaban J connectivity index is 1.64. The number of imide groups is 1. The number of primary amides is 1. The van der Waals surface area contributed by atoms with Gasteiger partial charge in [0.2, 0.25) is 11.8 Å². The number of nitrogens with zero attached hydrogens (tertiary/aromatic N) is 1. The number of hydrogen-bond acceptors (Lipinski definition) is 3. The maximum Gasteiger partial charge on any atom is 0.288 e. The number of piperidine rings is 1. The topological polar surface area (TPSA) is 84.9 Å². The van der Waals surface area contributed by atoms with Gasteiger partial charge in [0.05, 0.1) is 26.1 Å². The third-order valence-electron chi connectivity index (χ3n) is 5.02. The molecule has 2 fully saturated rings. The summed E-state index contributed by atoms with van der Waals surface area (Å²) < 4.78 is 13.0. The zero-order chi connectivity index (χ0) is 17.3. The molecule has 3 rings (SSSR count). The van der Waals surface area contributed by atoms with E-state index in [9.17, 15) is 18.8 Å². The van der Waals surface area contributed by atoms with E-state index in [1.165, 1.54) is 17.0 Å². The second-order valence-electron chi connectivity index (χ2n) is 6.54. The fourth-order valence-corrected chi connectivity index (χ4v) is 3.56. The van der Waals surface area contributed by atoms with Crippen LogP contribution in [0.15, 0.2) is 24.3 Å². The predicted octanol–water partition coefficient (Wildman–Crippen LogP) is -0.767. The van der Waals surface area contributed by atoms with Gasteiger partial charge in [-0.05, 0) is 17.7 Å². The number of halogens is 1. The molecule has 0 saturated carbocycles. The molecule has 2 aliphatic heterocycles. The standard InChI is InChI=1S/C17H20FN3O3/c18-13-3-1-11(2-4-13)10-21-15(22)9-14(17(21)24)20-7-5-12(6-8-20)16(19)23/h1-4,12,14H,5-10H2,(H2,19,23)/p+1/t14-/m1/s1. The number of amides is 3. The minimum Gasteiger partial charge on any atom is -0.369 e. The number of benzene rings is 1. The van der Waals surface area contributed by atoms with E-state index in [1.807, 2.05) is 0 Å². The van der Waals surface area contributed by atoms with Gasteiger partial charge in [-0.1, -0.05) is 12.1 Å². The molecular weight excluding hydrogens is 313 g/mol. The Labute approximate surface area is 139 Å². The summed E-state index contributed by atoms with van der Waals surface area (Å²) >= 11 is 0. The predicted molar refractivity (Wildman–Crippen MR) is 83.0 cm³/mol. The normalized spacial score (nSPS) is 27.5. The first-order valence-electron chi connectivity index (χ1n) is 8.18. The van der Waals surface area contributed by atoms with E-state index < -0.39 is 0 Å². The lowest BCUT2D eigenvalue weighted by molar-refractivity contribution is -0.920. The molecule has 2 heterocycles. The molecular formula is C17H21FN3O3+. The molecule has 24 heavy (non-hydrogen) atoms. The maximum absolute atomic E-state index is 13.0. The Morgan fingerprint density at radius 3 is 2.42 bits per heavy atom. The Morgan fingerprint density at radius 2 is 1.83 bits per heavy atom. The molecule has 1 aromatic carbocycles. The van der Waals surface area contributed by atoms with E-state index in [4.69, 9.17) is 5.73 Å². The molecule has 6 nitrogen and oxygen atoms in total. The number of likely N-dealkylation sites (tertiary alicyclic amines) is 2. The molecule has 2 saturated heterocycles. The number of rotatable bonds is 4. The minimum atomic E-state index is -0.383. The Morgan fingerprint density at radius 1 is 1.21 bits per heavy atom. The van der Waals surface area contributed by atoms with Crippen molar-refractivity contribution in [2.45, 2.75) is 31.8 Å². The van der Waals surface area contributed by atoms with Crippen LogP contribution in [0.25, 0.3) is 0 Å². The van der Waals surface area contributed by atoms with E-state index >= 15 is 0 Å². The fraction of sp³-hybridized carbons (Fsp3) is 0.471. The largest absolute Gasteiger partial charge is 0.369 e. The molecule has 3 N–H and O–H groups in total. The van der Waals surface area contributed by atoms with Crippen molar-refractivity contribution in [3.63, 3.8) is 0 Å². The van der Waals surface area contributed by atoms with Gasteiger partial charge in [0.25, 0.3) is 5.91 Å². The van der Waals surface area contributed by atoms with Gasteiger partial charge in [-0.3, -0.25) is 19.3 Å². The summed E-state index contributed by atoms with van der Waals surface area (Å²) in [6.07, 6.45) is 1.50. The zero-order valence-corrected chi connectivity index (χ0v) is 13.3. The van der Waals surface area contributed by atoms with Crippen LogP contribution < -0.4 is 10.6 Å². The molecule has 0 spiro atoms. The summed E-state index contributed by atoms with van der Waals surface area (Å²) in [5.41, 5.74) is 6.05. The van der Waals surface area contributed by atoms with Gasteiger partial charge in [0, 0.05) is 18.8 Å². The molecule has 3 amide bonds. The van der Waals surface area contributed by atoms with Crippen molar-refractivity contribution in [2.75, 3.05) is 13.1 Å². The number of hydrogen-bond donors (Lipinski definition) is 2. The van der Waals surface area contributed by atoms with Gasteiger partial charge in [-0.2, -0.15) is 0 Å². The maximum atomic E-state index is 13.0. The summed E-state index contributed by atoms with van der Waals surface area (Å²) in [6, 6.07) is 5.41. The summed E-state index contributed by atoms with van der Waals surface area (Å²) in [6.45, 7) is 1.51. The summed E-state index contributed by atoms with van der Waals surface area (Å²) in [4.78, 5) is 38.4. The van der Waals surface area contributed by atoms with Crippen LogP contribution in [-0.4, -0.2) is 41.8 Å². The van der Waals surface area contributed by atoms with Gasteiger partial charge in [0.1, 0.15) is 5.82 Å². The van der Waals surface area contributed by atoms with Gasteiger partial charge in [0.15, 0.2) is 6.04 Å². The van der Waals surface area contributed by atoms with Crippen molar-refractivity contribution in [3.05, 3.63) is 35.6 Å². The number of nitrogens with two attached hydrogens (primary N) is 1. The number of nitrogens with one attached hydrogen (secondary N) is 1. The highest BCUT2D eigenvalue weighted by Gasteiger charge is 2.46. The molecule has 0 aliphatic carbocycles. The minimum absolute atomic E-state index is 0.128. The smallest absolute Gasteiger partial charge is 0.288 e. The van der Waals surface area contributed by atoms with Crippen molar-refractivity contribution in [1.82, 2.24) is 4.90 Å². The lowest BCUT2D eigenvalue weighted by Gasteiger charge is -2.30. The molecule has 0 bridgehead atoms. The molecule has 7 heteroatoms. The summed E-state index contributed by atoms with van der Waals surface area (Å²) in [7, 11) is 0. The van der Waals surface area contributed by atoms with Crippen molar-refractivity contribution in [3.8, 4) is 0 Å². The molecule has 0 unspecified atom stereocenters. The molecule has 0 radical (unpaired) electrons. The number of carbonyl (C=O) groups is 3. The van der Waals surface area contributed by atoms with E-state index in [1.54, 1.807) is 12.1 Å².